The first-order chi connectivity index (χ1) is 38.6. The molecule has 0 radical (unpaired) electrons. The number of esters is 1. The molecule has 422 valence electrons. The number of hydrogen-bond donors (Lipinski definition) is 2. The van der Waals surface area contributed by atoms with E-state index in [1.165, 1.54) is 113 Å². The van der Waals surface area contributed by atoms with E-state index in [0.29, 0.717) is 80.5 Å². The average Bonchev–Trinajstić information content (AvgIpc) is 4.23. The second-order valence-electron chi connectivity index (χ2n) is 23.7. The molecule has 13 heteroatoms. The lowest BCUT2D eigenvalue weighted by molar-refractivity contribution is -0.144. The number of hydrogen-bond acceptors (Lipinski definition) is 6. The summed E-state index contributed by atoms with van der Waals surface area (Å²) < 4.78 is 8.83. The number of carbonyl (C=O) groups excluding carboxylic acids is 4. The maximum absolute atomic E-state index is 13.1. The lowest BCUT2D eigenvalue weighted by Gasteiger charge is -2.44. The van der Waals surface area contributed by atoms with Gasteiger partial charge in [0.25, 0.3) is 0 Å². The van der Waals surface area contributed by atoms with Crippen LogP contribution in [0.2, 0.25) is 0 Å². The van der Waals surface area contributed by atoms with Crippen LogP contribution in [-0.4, -0.2) is 108 Å². The molecule has 3 saturated heterocycles. The zero-order valence-electron chi connectivity index (χ0n) is 47.0. The fourth-order valence-corrected chi connectivity index (χ4v) is 15.1. The molecule has 6 heterocycles. The van der Waals surface area contributed by atoms with E-state index in [1.54, 1.807) is 4.57 Å². The Morgan fingerprint density at radius 2 is 0.886 bits per heavy atom. The van der Waals surface area contributed by atoms with Crippen molar-refractivity contribution in [1.82, 2.24) is 28.8 Å². The number of piperidine rings is 3. The van der Waals surface area contributed by atoms with Gasteiger partial charge >= 0.3 is 11.9 Å². The highest BCUT2D eigenvalue weighted by molar-refractivity contribution is 5.88. The molecule has 3 aromatic carbocycles. The van der Waals surface area contributed by atoms with Crippen LogP contribution in [0.15, 0.2) is 91.4 Å². The molecular formula is C66H86N6O7. The lowest BCUT2D eigenvalue weighted by Crippen LogP contribution is -2.49. The Hall–Kier alpha value is -6.37. The second kappa shape index (κ2) is 26.7. The molecule has 3 amide bonds. The summed E-state index contributed by atoms with van der Waals surface area (Å²) in [5.41, 5.74) is 6.58. The number of aromatic nitrogens is 3. The zero-order valence-corrected chi connectivity index (χ0v) is 47.0. The third-order valence-corrected chi connectivity index (χ3v) is 18.8. The van der Waals surface area contributed by atoms with Crippen molar-refractivity contribution in [1.29, 1.82) is 0 Å². The summed E-state index contributed by atoms with van der Waals surface area (Å²) >= 11 is 0. The van der Waals surface area contributed by atoms with E-state index in [4.69, 9.17) is 9.84 Å². The molecule has 0 spiro atoms. The van der Waals surface area contributed by atoms with Gasteiger partial charge in [-0.25, -0.2) is 0 Å². The number of fused-ring (bicyclic) bond motifs is 6. The Balaban J connectivity index is 0.000000134. The molecule has 13 nitrogen and oxygen atoms in total. The van der Waals surface area contributed by atoms with Crippen LogP contribution in [0.25, 0.3) is 32.7 Å². The van der Waals surface area contributed by atoms with Gasteiger partial charge in [0.1, 0.15) is 13.1 Å². The first kappa shape index (κ1) is 55.9. The molecule has 0 bridgehead atoms. The topological polar surface area (TPSA) is 150 Å². The quantitative estimate of drug-likeness (QED) is 0.103. The summed E-state index contributed by atoms with van der Waals surface area (Å²) in [6.45, 7) is 5.17. The number of carboxylic acids is 1. The number of aliphatic carboxylic acids is 1. The number of likely N-dealkylation sites (tertiary alicyclic amines) is 3. The highest BCUT2D eigenvalue weighted by Crippen LogP contribution is 2.39. The van der Waals surface area contributed by atoms with E-state index in [-0.39, 0.29) is 25.0 Å². The number of carboxylic acid groups (broad SMARTS) is 1. The number of carbonyl (C=O) groups is 5. The van der Waals surface area contributed by atoms with Crippen molar-refractivity contribution < 1.29 is 33.8 Å². The summed E-state index contributed by atoms with van der Waals surface area (Å²) in [5.74, 6) is 2.04. The molecule has 6 aromatic rings. The number of nitrogens with one attached hydrogen (secondary N) is 1. The molecule has 6 unspecified atom stereocenters. The largest absolute Gasteiger partial charge is 0.480 e. The van der Waals surface area contributed by atoms with Gasteiger partial charge < -0.3 is 38.7 Å². The Morgan fingerprint density at radius 1 is 0.494 bits per heavy atom. The van der Waals surface area contributed by atoms with Crippen molar-refractivity contribution in [2.75, 3.05) is 26.2 Å². The third kappa shape index (κ3) is 13.5. The molecule has 6 atom stereocenters. The summed E-state index contributed by atoms with van der Waals surface area (Å²) in [6, 6.07) is 25.8. The van der Waals surface area contributed by atoms with Crippen LogP contribution in [0, 0.1) is 17.8 Å². The lowest BCUT2D eigenvalue weighted by atomic mass is 9.78. The van der Waals surface area contributed by atoms with Crippen molar-refractivity contribution in [3.8, 4) is 0 Å². The van der Waals surface area contributed by atoms with E-state index in [0.717, 1.165) is 84.2 Å². The number of aryl methyl sites for hydroxylation is 3. The van der Waals surface area contributed by atoms with Crippen LogP contribution in [0.4, 0.5) is 0 Å². The van der Waals surface area contributed by atoms with Gasteiger partial charge in [0, 0.05) is 108 Å². The SMILES string of the molecule is CCOC(=O)Cn1cc(CCC(=O)N2CCCC3CCCCC32)c2ccccc21.O=C(CCc1c[nH]c2ccccc12)N1CCCC2CCCCC21.O=C(O)Cn1cc(CCC(=O)N2CCCC3CCCCC32)c2ccccc21. The highest BCUT2D eigenvalue weighted by atomic mass is 16.5. The number of amides is 3. The first-order valence-electron chi connectivity index (χ1n) is 30.6. The van der Waals surface area contributed by atoms with E-state index in [9.17, 15) is 24.0 Å². The van der Waals surface area contributed by atoms with Gasteiger partial charge in [0.2, 0.25) is 17.7 Å². The van der Waals surface area contributed by atoms with E-state index < -0.39 is 5.97 Å². The minimum absolute atomic E-state index is 0.0513. The number of benzene rings is 3. The standard InChI is InChI=1S/C24H32N2O3.C22H28N2O3.C20H26N2O/c1-2-29-24(28)17-25-16-19(20-10-4-6-12-22(20)25)13-14-23(27)26-15-7-9-18-8-3-5-11-21(18)26;25-21(24-13-5-7-16-6-1-3-9-19(16)24)12-11-17-14-23(15-22(26)27)20-10-4-2-8-18(17)20;23-20(22-13-5-7-15-6-1-4-10-19(15)22)12-11-16-14-21-18-9-3-2-8-17(16)18/h4,6,10,12,16,18,21H,2-3,5,7-9,11,13-15,17H2,1H3;2,4,8,10,14,16,19H,1,3,5-7,9,11-13,15H2,(H,26,27);2-3,8-9,14-15,19,21H,1,4-7,10-13H2. The van der Waals surface area contributed by atoms with Gasteiger partial charge in [-0.2, -0.15) is 0 Å². The predicted molar refractivity (Wildman–Crippen MR) is 311 cm³/mol. The van der Waals surface area contributed by atoms with E-state index in [1.807, 2.05) is 72.4 Å². The fourth-order valence-electron chi connectivity index (χ4n) is 15.1. The number of aromatic amines is 1. The van der Waals surface area contributed by atoms with Crippen molar-refractivity contribution in [3.05, 3.63) is 108 Å². The summed E-state index contributed by atoms with van der Waals surface area (Å²) in [7, 11) is 0. The van der Waals surface area contributed by atoms with Gasteiger partial charge in [-0.1, -0.05) is 93.1 Å². The average molecular weight is 1080 g/mol. The summed E-state index contributed by atoms with van der Waals surface area (Å²) in [4.78, 5) is 71.8. The van der Waals surface area contributed by atoms with Gasteiger partial charge in [0.05, 0.1) is 6.61 Å². The molecular weight excluding hydrogens is 989 g/mol. The monoisotopic (exact) mass is 1070 g/mol. The Bertz CT molecular complexity index is 3040. The van der Waals surface area contributed by atoms with Crippen molar-refractivity contribution in [2.45, 2.75) is 192 Å². The van der Waals surface area contributed by atoms with Crippen LogP contribution in [0.5, 0.6) is 0 Å². The van der Waals surface area contributed by atoms with Crippen LogP contribution in [0.3, 0.4) is 0 Å². The maximum Gasteiger partial charge on any atom is 0.325 e. The molecule has 6 aliphatic rings. The number of para-hydroxylation sites is 3. The van der Waals surface area contributed by atoms with Gasteiger partial charge in [-0.05, 0) is 156 Å². The van der Waals surface area contributed by atoms with E-state index in [2.05, 4.69) is 50.1 Å². The van der Waals surface area contributed by atoms with Crippen LogP contribution >= 0.6 is 0 Å². The Morgan fingerprint density at radius 3 is 1.34 bits per heavy atom. The number of rotatable bonds is 14. The zero-order chi connectivity index (χ0) is 54.7. The highest BCUT2D eigenvalue weighted by Gasteiger charge is 2.38. The maximum atomic E-state index is 13.1. The predicted octanol–water partition coefficient (Wildman–Crippen LogP) is 12.4. The Kier molecular flexibility index (Phi) is 18.9. The first-order valence-corrected chi connectivity index (χ1v) is 30.6. The Labute approximate surface area is 467 Å². The summed E-state index contributed by atoms with van der Waals surface area (Å²) in [6.07, 6.45) is 32.5. The third-order valence-electron chi connectivity index (χ3n) is 18.8. The summed E-state index contributed by atoms with van der Waals surface area (Å²) in [5, 5.41) is 12.6. The smallest absolute Gasteiger partial charge is 0.325 e. The number of nitrogens with zero attached hydrogens (tertiary/aromatic N) is 5. The molecule has 3 aromatic heterocycles. The van der Waals surface area contributed by atoms with Crippen molar-refractivity contribution >= 4 is 62.4 Å². The molecule has 12 rings (SSSR count). The fraction of sp³-hybridized carbons (Fsp3) is 0.561. The van der Waals surface area contributed by atoms with Crippen LogP contribution in [0.1, 0.15) is 158 Å². The normalized spacial score (nSPS) is 22.9. The molecule has 79 heavy (non-hydrogen) atoms. The van der Waals surface area contributed by atoms with Gasteiger partial charge in [-0.3, -0.25) is 24.0 Å². The van der Waals surface area contributed by atoms with Crippen molar-refractivity contribution in [2.24, 2.45) is 17.8 Å². The van der Waals surface area contributed by atoms with Gasteiger partial charge in [-0.15, -0.1) is 0 Å². The van der Waals surface area contributed by atoms with Crippen LogP contribution < -0.4 is 0 Å². The van der Waals surface area contributed by atoms with E-state index >= 15 is 0 Å². The minimum Gasteiger partial charge on any atom is -0.480 e. The molecule has 6 fully saturated rings. The second-order valence-corrected chi connectivity index (χ2v) is 23.7. The van der Waals surface area contributed by atoms with Crippen LogP contribution in [-0.2, 0) is 61.1 Å². The molecule has 3 saturated carbocycles. The molecule has 3 aliphatic heterocycles. The number of H-pyrrole nitrogens is 1. The minimum atomic E-state index is -0.852. The number of ether oxygens (including phenoxy) is 1. The molecule has 2 N–H and O–H groups in total. The molecule has 3 aliphatic carbocycles. The van der Waals surface area contributed by atoms with Gasteiger partial charge in [0.15, 0.2) is 0 Å². The van der Waals surface area contributed by atoms with Crippen molar-refractivity contribution in [3.63, 3.8) is 0 Å².